The molecule has 0 unspecified atom stereocenters. The number of hydrogen-bond donors (Lipinski definition) is 0. The predicted octanol–water partition coefficient (Wildman–Crippen LogP) is 1.58. The lowest BCUT2D eigenvalue weighted by molar-refractivity contribution is 0.00578. The third-order valence-electron chi connectivity index (χ3n) is 4.57. The summed E-state index contributed by atoms with van der Waals surface area (Å²) in [6.45, 7) is 8.27. The van der Waals surface area contributed by atoms with Gasteiger partial charge in [-0.15, -0.1) is 0 Å². The zero-order valence-electron chi connectivity index (χ0n) is 13.3. The molecule has 1 aromatic heterocycles. The molecule has 1 aliphatic carbocycles. The highest BCUT2D eigenvalue weighted by Gasteiger charge is 2.53. The van der Waals surface area contributed by atoms with E-state index >= 15 is 0 Å². The summed E-state index contributed by atoms with van der Waals surface area (Å²) in [5, 5.41) is 0. The summed E-state index contributed by atoms with van der Waals surface area (Å²) < 4.78 is 14.4. The van der Waals surface area contributed by atoms with Gasteiger partial charge in [-0.25, -0.2) is 4.98 Å². The van der Waals surface area contributed by atoms with Crippen molar-refractivity contribution in [1.29, 1.82) is 0 Å². The molecule has 0 radical (unpaired) electrons. The summed E-state index contributed by atoms with van der Waals surface area (Å²) in [5.74, 6) is 0.984. The van der Waals surface area contributed by atoms with E-state index in [1.807, 2.05) is 19.0 Å². The van der Waals surface area contributed by atoms with E-state index in [1.165, 1.54) is 12.8 Å². The van der Waals surface area contributed by atoms with Crippen LogP contribution in [-0.4, -0.2) is 42.0 Å². The Balaban J connectivity index is 1.90. The third-order valence-corrected chi connectivity index (χ3v) is 4.57. The van der Waals surface area contributed by atoms with Gasteiger partial charge in [-0.05, 0) is 40.5 Å². The van der Waals surface area contributed by atoms with Gasteiger partial charge in [0.25, 0.3) is 0 Å². The number of anilines is 1. The molecule has 20 heavy (non-hydrogen) atoms. The molecule has 0 N–H and O–H groups in total. The van der Waals surface area contributed by atoms with Crippen LogP contribution in [0, 0.1) is 0 Å². The summed E-state index contributed by atoms with van der Waals surface area (Å²) in [7, 11) is 3.67. The number of hydrogen-bond acceptors (Lipinski definition) is 4. The highest BCUT2D eigenvalue weighted by atomic mass is 16.7. The van der Waals surface area contributed by atoms with Crippen molar-refractivity contribution < 1.29 is 9.31 Å². The number of nitrogens with zero attached hydrogens (tertiary/aromatic N) is 3. The third kappa shape index (κ3) is 2.15. The van der Waals surface area contributed by atoms with Gasteiger partial charge in [-0.3, -0.25) is 0 Å². The van der Waals surface area contributed by atoms with Gasteiger partial charge >= 0.3 is 7.12 Å². The lowest BCUT2D eigenvalue weighted by atomic mass is 9.86. The second kappa shape index (κ2) is 4.24. The molecule has 1 aromatic rings. The highest BCUT2D eigenvalue weighted by Crippen LogP contribution is 2.39. The maximum absolute atomic E-state index is 6.08. The van der Waals surface area contributed by atoms with Gasteiger partial charge in [0.2, 0.25) is 5.95 Å². The smallest absolute Gasteiger partial charge is 0.398 e. The lowest BCUT2D eigenvalue weighted by Gasteiger charge is -2.32. The standard InChI is InChI=1S/C14H24BN3O2/c1-13(2)14(3,4)20-15(19-13)11-9-18(10-7-8-10)12(16-11)17(5)6/h9-10H,7-8H2,1-6H3. The second-order valence-corrected chi connectivity index (χ2v) is 7.09. The van der Waals surface area contributed by atoms with E-state index in [1.54, 1.807) is 0 Å². The first-order valence-corrected chi connectivity index (χ1v) is 7.33. The van der Waals surface area contributed by atoms with Crippen LogP contribution in [0.5, 0.6) is 0 Å². The van der Waals surface area contributed by atoms with Crippen LogP contribution in [0.1, 0.15) is 46.6 Å². The second-order valence-electron chi connectivity index (χ2n) is 7.09. The van der Waals surface area contributed by atoms with Crippen LogP contribution < -0.4 is 10.5 Å². The van der Waals surface area contributed by atoms with Crippen molar-refractivity contribution in [2.75, 3.05) is 19.0 Å². The zero-order chi connectivity index (χ0) is 14.7. The van der Waals surface area contributed by atoms with Gasteiger partial charge in [0.1, 0.15) is 0 Å². The first-order chi connectivity index (χ1) is 9.21. The summed E-state index contributed by atoms with van der Waals surface area (Å²) in [5.41, 5.74) is 0.234. The van der Waals surface area contributed by atoms with Crippen LogP contribution >= 0.6 is 0 Å². The molecule has 2 fully saturated rings. The molecule has 0 spiro atoms. The maximum Gasteiger partial charge on any atom is 0.516 e. The Morgan fingerprint density at radius 2 is 1.75 bits per heavy atom. The maximum atomic E-state index is 6.08. The van der Waals surface area contributed by atoms with E-state index in [9.17, 15) is 0 Å². The monoisotopic (exact) mass is 277 g/mol. The van der Waals surface area contributed by atoms with Crippen molar-refractivity contribution in [3.8, 4) is 0 Å². The zero-order valence-corrected chi connectivity index (χ0v) is 13.3. The van der Waals surface area contributed by atoms with Crippen molar-refractivity contribution in [2.45, 2.75) is 57.8 Å². The minimum absolute atomic E-state index is 0.320. The minimum Gasteiger partial charge on any atom is -0.398 e. The van der Waals surface area contributed by atoms with Crippen molar-refractivity contribution in [1.82, 2.24) is 9.55 Å². The van der Waals surface area contributed by atoms with Crippen LogP contribution in [-0.2, 0) is 9.31 Å². The molecule has 0 bridgehead atoms. The number of rotatable bonds is 3. The molecule has 5 nitrogen and oxygen atoms in total. The minimum atomic E-state index is -0.376. The average molecular weight is 277 g/mol. The Hall–Kier alpha value is -1.01. The van der Waals surface area contributed by atoms with E-state index < -0.39 is 0 Å². The molecule has 6 heteroatoms. The number of aromatic nitrogens is 2. The molecular formula is C14H24BN3O2. The van der Waals surface area contributed by atoms with Crippen molar-refractivity contribution in [3.63, 3.8) is 0 Å². The van der Waals surface area contributed by atoms with E-state index in [-0.39, 0.29) is 18.3 Å². The SMILES string of the molecule is CN(C)c1nc(B2OC(C)(C)C(C)(C)O2)cn1C1CC1. The molecule has 2 aliphatic rings. The molecule has 1 saturated heterocycles. The fourth-order valence-corrected chi connectivity index (χ4v) is 2.43. The lowest BCUT2D eigenvalue weighted by Crippen LogP contribution is -2.41. The van der Waals surface area contributed by atoms with Crippen LogP contribution in [0.2, 0.25) is 0 Å². The first kappa shape index (κ1) is 14.0. The van der Waals surface area contributed by atoms with Gasteiger partial charge in [-0.2, -0.15) is 0 Å². The van der Waals surface area contributed by atoms with Crippen molar-refractivity contribution >= 4 is 18.7 Å². The molecule has 0 amide bonds. The molecule has 2 heterocycles. The fourth-order valence-electron chi connectivity index (χ4n) is 2.43. The summed E-state index contributed by atoms with van der Waals surface area (Å²) in [6, 6.07) is 0.594. The average Bonchev–Trinajstić information content (AvgIpc) is 3.00. The topological polar surface area (TPSA) is 39.5 Å². The highest BCUT2D eigenvalue weighted by molar-refractivity contribution is 6.61. The largest absolute Gasteiger partial charge is 0.516 e. The van der Waals surface area contributed by atoms with Crippen LogP contribution in [0.3, 0.4) is 0 Å². The Morgan fingerprint density at radius 1 is 1.20 bits per heavy atom. The Bertz CT molecular complexity index is 485. The van der Waals surface area contributed by atoms with Gasteiger partial charge in [-0.1, -0.05) is 0 Å². The molecule has 110 valence electrons. The summed E-state index contributed by atoms with van der Waals surface area (Å²) in [6.07, 6.45) is 4.56. The van der Waals surface area contributed by atoms with E-state index in [0.29, 0.717) is 6.04 Å². The van der Waals surface area contributed by atoms with Gasteiger partial charge < -0.3 is 18.8 Å². The molecule has 1 aliphatic heterocycles. The molecule has 0 atom stereocenters. The van der Waals surface area contributed by atoms with Gasteiger partial charge in [0.15, 0.2) is 0 Å². The molecule has 3 rings (SSSR count). The Labute approximate surface area is 121 Å². The van der Waals surface area contributed by atoms with Gasteiger partial charge in [0, 0.05) is 26.3 Å². The van der Waals surface area contributed by atoms with Crippen molar-refractivity contribution in [3.05, 3.63) is 6.20 Å². The Morgan fingerprint density at radius 3 is 2.20 bits per heavy atom. The molecule has 0 aromatic carbocycles. The quantitative estimate of drug-likeness (QED) is 0.786. The normalized spacial score (nSPS) is 24.2. The first-order valence-electron chi connectivity index (χ1n) is 7.33. The predicted molar refractivity (Wildman–Crippen MR) is 80.5 cm³/mol. The number of imidazole rings is 1. The van der Waals surface area contributed by atoms with Crippen LogP contribution in [0.25, 0.3) is 0 Å². The van der Waals surface area contributed by atoms with Crippen molar-refractivity contribution in [2.24, 2.45) is 0 Å². The van der Waals surface area contributed by atoms with E-state index in [4.69, 9.17) is 14.3 Å². The van der Waals surface area contributed by atoms with Crippen LogP contribution in [0.4, 0.5) is 5.95 Å². The van der Waals surface area contributed by atoms with E-state index in [2.05, 4.69) is 38.5 Å². The van der Waals surface area contributed by atoms with Crippen LogP contribution in [0.15, 0.2) is 6.20 Å². The molecule has 1 saturated carbocycles. The molecular weight excluding hydrogens is 253 g/mol. The fraction of sp³-hybridized carbons (Fsp3) is 0.786. The Kier molecular flexibility index (Phi) is 2.96. The van der Waals surface area contributed by atoms with E-state index in [0.717, 1.165) is 11.5 Å². The van der Waals surface area contributed by atoms with Gasteiger partial charge in [0.05, 0.1) is 16.8 Å². The summed E-state index contributed by atoms with van der Waals surface area (Å²) in [4.78, 5) is 6.77. The summed E-state index contributed by atoms with van der Waals surface area (Å²) >= 11 is 0.